The number of hydrogen-bond donors (Lipinski definition) is 1. The van der Waals surface area contributed by atoms with Crippen LogP contribution in [-0.4, -0.2) is 0 Å². The van der Waals surface area contributed by atoms with Crippen molar-refractivity contribution in [2.24, 2.45) is 11.8 Å². The average molecular weight is 271 g/mol. The predicted octanol–water partition coefficient (Wildman–Crippen LogP) is 6.02. The van der Waals surface area contributed by atoms with E-state index in [1.165, 1.54) is 17.7 Å². The van der Waals surface area contributed by atoms with Gasteiger partial charge in [0, 0.05) is 11.4 Å². The van der Waals surface area contributed by atoms with Crippen LogP contribution in [0.1, 0.15) is 47.5 Å². The van der Waals surface area contributed by atoms with Crippen molar-refractivity contribution in [1.82, 2.24) is 0 Å². The van der Waals surface area contributed by atoms with Gasteiger partial charge in [-0.05, 0) is 49.0 Å². The summed E-state index contributed by atoms with van der Waals surface area (Å²) in [6, 6.07) is 10.4. The Bertz CT molecular complexity index is 442. The predicted molar refractivity (Wildman–Crippen MR) is 90.8 cm³/mol. The van der Waals surface area contributed by atoms with Crippen molar-refractivity contribution >= 4 is 5.69 Å². The Labute approximate surface area is 124 Å². The van der Waals surface area contributed by atoms with Crippen LogP contribution in [0, 0.1) is 11.8 Å². The van der Waals surface area contributed by atoms with Gasteiger partial charge in [0.1, 0.15) is 0 Å². The molecule has 0 spiro atoms. The van der Waals surface area contributed by atoms with Crippen LogP contribution in [0.4, 0.5) is 5.69 Å². The van der Waals surface area contributed by atoms with Gasteiger partial charge in [-0.3, -0.25) is 0 Å². The molecule has 2 atom stereocenters. The molecule has 1 rings (SSSR count). The Morgan fingerprint density at radius 1 is 1.15 bits per heavy atom. The van der Waals surface area contributed by atoms with E-state index in [0.717, 1.165) is 12.1 Å². The minimum atomic E-state index is 0.604. The van der Waals surface area contributed by atoms with Crippen molar-refractivity contribution in [1.29, 1.82) is 0 Å². The number of anilines is 1. The van der Waals surface area contributed by atoms with Crippen LogP contribution in [0.5, 0.6) is 0 Å². The first-order valence-corrected chi connectivity index (χ1v) is 7.81. The van der Waals surface area contributed by atoms with Gasteiger partial charge in [-0.2, -0.15) is 0 Å². The molecular formula is C19H29N. The summed E-state index contributed by atoms with van der Waals surface area (Å²) >= 11 is 0. The second-order valence-electron chi connectivity index (χ2n) is 5.46. The molecular weight excluding hydrogens is 242 g/mol. The molecule has 1 aromatic rings. The van der Waals surface area contributed by atoms with Gasteiger partial charge < -0.3 is 5.32 Å². The van der Waals surface area contributed by atoms with Crippen molar-refractivity contribution in [2.45, 2.75) is 47.5 Å². The zero-order chi connectivity index (χ0) is 15.0. The first-order valence-electron chi connectivity index (χ1n) is 7.81. The molecule has 0 fully saturated rings. The standard InChI is InChI=1S/C19H29N/c1-6-12-19(20-17-13-10-9-11-14-17)18(8-3)16(5)15(4)7-2/h6,9-16,20H,7-8H2,1-5H3/b12-6-,19-18-/t15-,16+/m0/s1. The van der Waals surface area contributed by atoms with Gasteiger partial charge in [-0.25, -0.2) is 0 Å². The van der Waals surface area contributed by atoms with E-state index in [9.17, 15) is 0 Å². The van der Waals surface area contributed by atoms with E-state index in [1.807, 2.05) is 6.07 Å². The third-order valence-electron chi connectivity index (χ3n) is 4.16. The molecule has 20 heavy (non-hydrogen) atoms. The minimum Gasteiger partial charge on any atom is -0.356 e. The van der Waals surface area contributed by atoms with Crippen LogP contribution >= 0.6 is 0 Å². The van der Waals surface area contributed by atoms with Crippen LogP contribution in [0.2, 0.25) is 0 Å². The molecule has 1 N–H and O–H groups in total. The van der Waals surface area contributed by atoms with E-state index in [1.54, 1.807) is 0 Å². The highest BCUT2D eigenvalue weighted by Crippen LogP contribution is 2.29. The third kappa shape index (κ3) is 4.56. The van der Waals surface area contributed by atoms with Gasteiger partial charge >= 0.3 is 0 Å². The fraction of sp³-hybridized carbons (Fsp3) is 0.474. The quantitative estimate of drug-likeness (QED) is 0.598. The Morgan fingerprint density at radius 3 is 2.30 bits per heavy atom. The van der Waals surface area contributed by atoms with Crippen molar-refractivity contribution in [3.8, 4) is 0 Å². The van der Waals surface area contributed by atoms with Gasteiger partial charge in [-0.1, -0.05) is 58.4 Å². The maximum atomic E-state index is 3.58. The molecule has 0 aromatic heterocycles. The molecule has 0 radical (unpaired) electrons. The highest BCUT2D eigenvalue weighted by atomic mass is 14.9. The highest BCUT2D eigenvalue weighted by molar-refractivity contribution is 5.52. The van der Waals surface area contributed by atoms with E-state index in [0.29, 0.717) is 11.8 Å². The van der Waals surface area contributed by atoms with E-state index in [-0.39, 0.29) is 0 Å². The van der Waals surface area contributed by atoms with E-state index >= 15 is 0 Å². The normalized spacial score (nSPS) is 15.8. The molecule has 0 unspecified atom stereocenters. The summed E-state index contributed by atoms with van der Waals surface area (Å²) in [4.78, 5) is 0. The van der Waals surface area contributed by atoms with Gasteiger partial charge in [0.25, 0.3) is 0 Å². The maximum absolute atomic E-state index is 3.58. The van der Waals surface area contributed by atoms with Crippen LogP contribution in [0.3, 0.4) is 0 Å². The molecule has 110 valence electrons. The van der Waals surface area contributed by atoms with Gasteiger partial charge in [-0.15, -0.1) is 0 Å². The Kier molecular flexibility index (Phi) is 7.14. The van der Waals surface area contributed by atoms with Crippen molar-refractivity contribution in [3.63, 3.8) is 0 Å². The maximum Gasteiger partial charge on any atom is 0.0384 e. The highest BCUT2D eigenvalue weighted by Gasteiger charge is 2.17. The topological polar surface area (TPSA) is 12.0 Å². The summed E-state index contributed by atoms with van der Waals surface area (Å²) in [6.07, 6.45) is 6.62. The lowest BCUT2D eigenvalue weighted by Crippen LogP contribution is -2.14. The van der Waals surface area contributed by atoms with Crippen molar-refractivity contribution in [3.05, 3.63) is 53.8 Å². The molecule has 0 bridgehead atoms. The summed E-state index contributed by atoms with van der Waals surface area (Å²) in [5, 5.41) is 3.58. The number of nitrogens with one attached hydrogen (secondary N) is 1. The first-order chi connectivity index (χ1) is 9.63. The molecule has 0 aliphatic rings. The second-order valence-corrected chi connectivity index (χ2v) is 5.46. The smallest absolute Gasteiger partial charge is 0.0384 e. The van der Waals surface area contributed by atoms with Crippen molar-refractivity contribution < 1.29 is 0 Å². The minimum absolute atomic E-state index is 0.604. The van der Waals surface area contributed by atoms with E-state index < -0.39 is 0 Å². The molecule has 0 aliphatic heterocycles. The molecule has 0 heterocycles. The Balaban J connectivity index is 3.09. The van der Waals surface area contributed by atoms with Crippen LogP contribution in [-0.2, 0) is 0 Å². The summed E-state index contributed by atoms with van der Waals surface area (Å²) in [7, 11) is 0. The number of allylic oxidation sites excluding steroid dienone is 3. The third-order valence-corrected chi connectivity index (χ3v) is 4.16. The lowest BCUT2D eigenvalue weighted by Gasteiger charge is -2.24. The fourth-order valence-electron chi connectivity index (χ4n) is 2.53. The number of para-hydroxylation sites is 1. The zero-order valence-corrected chi connectivity index (χ0v) is 13.6. The van der Waals surface area contributed by atoms with Crippen LogP contribution in [0.25, 0.3) is 0 Å². The van der Waals surface area contributed by atoms with Crippen LogP contribution in [0.15, 0.2) is 53.8 Å². The summed E-state index contributed by atoms with van der Waals surface area (Å²) in [5.74, 6) is 1.31. The van der Waals surface area contributed by atoms with E-state index in [2.05, 4.69) is 76.4 Å². The van der Waals surface area contributed by atoms with Gasteiger partial charge in [0.15, 0.2) is 0 Å². The SMILES string of the molecule is C/C=C\C(Nc1ccccc1)=C(/CC)[C@H](C)[C@@H](C)CC. The lowest BCUT2D eigenvalue weighted by atomic mass is 9.84. The Morgan fingerprint density at radius 2 is 1.80 bits per heavy atom. The monoisotopic (exact) mass is 271 g/mol. The summed E-state index contributed by atoms with van der Waals surface area (Å²) in [6.45, 7) is 11.3. The molecule has 0 amide bonds. The molecule has 0 saturated carbocycles. The molecule has 1 heteroatoms. The van der Waals surface area contributed by atoms with Crippen LogP contribution < -0.4 is 5.32 Å². The molecule has 0 aliphatic carbocycles. The number of benzene rings is 1. The number of rotatable bonds is 7. The molecule has 1 aromatic carbocycles. The summed E-state index contributed by atoms with van der Waals surface area (Å²) < 4.78 is 0. The van der Waals surface area contributed by atoms with Gasteiger partial charge in [0.05, 0.1) is 0 Å². The fourth-order valence-corrected chi connectivity index (χ4v) is 2.53. The summed E-state index contributed by atoms with van der Waals surface area (Å²) in [5.41, 5.74) is 3.93. The van der Waals surface area contributed by atoms with Gasteiger partial charge in [0.2, 0.25) is 0 Å². The number of hydrogen-bond acceptors (Lipinski definition) is 1. The van der Waals surface area contributed by atoms with Crippen molar-refractivity contribution in [2.75, 3.05) is 5.32 Å². The average Bonchev–Trinajstić information content (AvgIpc) is 2.48. The second kappa shape index (κ2) is 8.63. The molecule has 0 saturated heterocycles. The Hall–Kier alpha value is -1.50. The molecule has 1 nitrogen and oxygen atoms in total. The lowest BCUT2D eigenvalue weighted by molar-refractivity contribution is 0.418. The first kappa shape index (κ1) is 16.6. The largest absolute Gasteiger partial charge is 0.356 e. The van der Waals surface area contributed by atoms with E-state index in [4.69, 9.17) is 0 Å². The zero-order valence-electron chi connectivity index (χ0n) is 13.6.